The van der Waals surface area contributed by atoms with Gasteiger partial charge in [0.05, 0.1) is 5.02 Å². The number of hydrogen-bond acceptors (Lipinski definition) is 2. The number of nitrogens with zero attached hydrogens (tertiary/aromatic N) is 1. The standard InChI is InChI=1S/C14H22ClN3O/c1-2-7-18-9-10(15)8-13(18)14(19)17-12-5-3-11(16)4-6-12/h8-9,11-12H,2-7,16H2,1H3,(H,17,19). The zero-order valence-electron chi connectivity index (χ0n) is 11.4. The van der Waals surface area contributed by atoms with Crippen LogP contribution in [0.5, 0.6) is 0 Å². The van der Waals surface area contributed by atoms with E-state index in [-0.39, 0.29) is 11.9 Å². The minimum absolute atomic E-state index is 0.0270. The fourth-order valence-corrected chi connectivity index (χ4v) is 2.84. The zero-order chi connectivity index (χ0) is 13.8. The lowest BCUT2D eigenvalue weighted by Crippen LogP contribution is -2.41. The van der Waals surface area contributed by atoms with Gasteiger partial charge in [0.25, 0.3) is 5.91 Å². The van der Waals surface area contributed by atoms with Gasteiger partial charge in [0.1, 0.15) is 5.69 Å². The van der Waals surface area contributed by atoms with E-state index in [4.69, 9.17) is 17.3 Å². The van der Waals surface area contributed by atoms with Crippen LogP contribution < -0.4 is 11.1 Å². The third-order valence-electron chi connectivity index (χ3n) is 3.67. The molecule has 1 amide bonds. The lowest BCUT2D eigenvalue weighted by Gasteiger charge is -2.26. The third-order valence-corrected chi connectivity index (χ3v) is 3.87. The zero-order valence-corrected chi connectivity index (χ0v) is 12.1. The summed E-state index contributed by atoms with van der Waals surface area (Å²) in [5.41, 5.74) is 6.53. The number of nitrogens with two attached hydrogens (primary N) is 1. The van der Waals surface area contributed by atoms with E-state index in [1.165, 1.54) is 0 Å². The fraction of sp³-hybridized carbons (Fsp3) is 0.643. The molecule has 1 saturated carbocycles. The predicted molar refractivity (Wildman–Crippen MR) is 77.4 cm³/mol. The highest BCUT2D eigenvalue weighted by Gasteiger charge is 2.22. The van der Waals surface area contributed by atoms with Crippen LogP contribution in [0.2, 0.25) is 5.02 Å². The molecule has 0 aromatic carbocycles. The summed E-state index contributed by atoms with van der Waals surface area (Å²) in [4.78, 5) is 12.3. The third kappa shape index (κ3) is 3.74. The average Bonchev–Trinajstić information content (AvgIpc) is 2.74. The SMILES string of the molecule is CCCn1cc(Cl)cc1C(=O)NC1CCC(N)CC1. The van der Waals surface area contributed by atoms with Crippen LogP contribution in [0.4, 0.5) is 0 Å². The van der Waals surface area contributed by atoms with Crippen LogP contribution >= 0.6 is 11.6 Å². The number of nitrogens with one attached hydrogen (secondary N) is 1. The van der Waals surface area contributed by atoms with E-state index in [9.17, 15) is 4.79 Å². The number of aromatic nitrogens is 1. The van der Waals surface area contributed by atoms with Crippen molar-refractivity contribution in [1.29, 1.82) is 0 Å². The Bertz CT molecular complexity index is 436. The number of hydrogen-bond donors (Lipinski definition) is 2. The van der Waals surface area contributed by atoms with Crippen molar-refractivity contribution in [3.63, 3.8) is 0 Å². The topological polar surface area (TPSA) is 60.0 Å². The maximum Gasteiger partial charge on any atom is 0.268 e. The Kier molecular flexibility index (Phi) is 4.88. The van der Waals surface area contributed by atoms with E-state index in [0.717, 1.165) is 38.6 Å². The summed E-state index contributed by atoms with van der Waals surface area (Å²) in [6.45, 7) is 2.89. The molecule has 1 aromatic heterocycles. The lowest BCUT2D eigenvalue weighted by molar-refractivity contribution is 0.0916. The van der Waals surface area contributed by atoms with E-state index < -0.39 is 0 Å². The summed E-state index contributed by atoms with van der Waals surface area (Å²) in [5.74, 6) is -0.0270. The highest BCUT2D eigenvalue weighted by atomic mass is 35.5. The second-order valence-electron chi connectivity index (χ2n) is 5.32. The molecule has 0 unspecified atom stereocenters. The highest BCUT2D eigenvalue weighted by Crippen LogP contribution is 2.19. The summed E-state index contributed by atoms with van der Waals surface area (Å²) in [5, 5.41) is 3.71. The van der Waals surface area contributed by atoms with Crippen molar-refractivity contribution in [2.75, 3.05) is 0 Å². The van der Waals surface area contributed by atoms with Crippen molar-refractivity contribution in [3.05, 3.63) is 23.0 Å². The van der Waals surface area contributed by atoms with Gasteiger partial charge in [-0.15, -0.1) is 0 Å². The van der Waals surface area contributed by atoms with Gasteiger partial charge in [-0.2, -0.15) is 0 Å². The van der Waals surface area contributed by atoms with Gasteiger partial charge in [-0.25, -0.2) is 0 Å². The van der Waals surface area contributed by atoms with Crippen molar-refractivity contribution < 1.29 is 4.79 Å². The van der Waals surface area contributed by atoms with Gasteiger partial charge < -0.3 is 15.6 Å². The van der Waals surface area contributed by atoms with Crippen molar-refractivity contribution in [1.82, 2.24) is 9.88 Å². The largest absolute Gasteiger partial charge is 0.348 e. The van der Waals surface area contributed by atoms with Crippen LogP contribution in [0.3, 0.4) is 0 Å². The molecule has 1 heterocycles. The molecule has 0 spiro atoms. The van der Waals surface area contributed by atoms with Crippen LogP contribution in [-0.2, 0) is 6.54 Å². The Hall–Kier alpha value is -1.00. The predicted octanol–water partition coefficient (Wildman–Crippen LogP) is 2.55. The van der Waals surface area contributed by atoms with Gasteiger partial charge in [0.15, 0.2) is 0 Å². The van der Waals surface area contributed by atoms with E-state index in [2.05, 4.69) is 12.2 Å². The number of amides is 1. The molecule has 2 rings (SSSR count). The van der Waals surface area contributed by atoms with Crippen LogP contribution in [0.15, 0.2) is 12.3 Å². The summed E-state index contributed by atoms with van der Waals surface area (Å²) in [6.07, 6.45) is 6.70. The minimum atomic E-state index is -0.0270. The van der Waals surface area contributed by atoms with Gasteiger partial charge in [-0.1, -0.05) is 18.5 Å². The normalized spacial score (nSPS) is 23.3. The summed E-state index contributed by atoms with van der Waals surface area (Å²) >= 11 is 5.99. The molecule has 106 valence electrons. The molecule has 5 heteroatoms. The summed E-state index contributed by atoms with van der Waals surface area (Å²) in [7, 11) is 0. The van der Waals surface area contributed by atoms with Crippen molar-refractivity contribution in [3.8, 4) is 0 Å². The number of halogens is 1. The molecule has 0 bridgehead atoms. The molecule has 1 fully saturated rings. The van der Waals surface area contributed by atoms with E-state index in [1.807, 2.05) is 10.8 Å². The smallest absolute Gasteiger partial charge is 0.268 e. The van der Waals surface area contributed by atoms with E-state index in [1.54, 1.807) is 6.07 Å². The highest BCUT2D eigenvalue weighted by molar-refractivity contribution is 6.31. The molecule has 0 aliphatic heterocycles. The van der Waals surface area contributed by atoms with E-state index >= 15 is 0 Å². The Labute approximate surface area is 119 Å². The van der Waals surface area contributed by atoms with Crippen molar-refractivity contribution in [2.45, 2.75) is 57.7 Å². The van der Waals surface area contributed by atoms with Gasteiger partial charge >= 0.3 is 0 Å². The maximum atomic E-state index is 12.3. The van der Waals surface area contributed by atoms with Gasteiger partial charge in [0.2, 0.25) is 0 Å². The molecule has 0 radical (unpaired) electrons. The van der Waals surface area contributed by atoms with Crippen LogP contribution in [0, 0.1) is 0 Å². The van der Waals surface area contributed by atoms with Crippen molar-refractivity contribution in [2.24, 2.45) is 5.73 Å². The second kappa shape index (κ2) is 6.44. The summed E-state index contributed by atoms with van der Waals surface area (Å²) in [6, 6.07) is 2.28. The maximum absolute atomic E-state index is 12.3. The quantitative estimate of drug-likeness (QED) is 0.892. The molecule has 3 N–H and O–H groups in total. The average molecular weight is 284 g/mol. The first-order valence-electron chi connectivity index (χ1n) is 7.02. The molecule has 1 aromatic rings. The minimum Gasteiger partial charge on any atom is -0.348 e. The monoisotopic (exact) mass is 283 g/mol. The molecular weight excluding hydrogens is 262 g/mol. The number of rotatable bonds is 4. The molecule has 4 nitrogen and oxygen atoms in total. The molecule has 0 saturated heterocycles. The second-order valence-corrected chi connectivity index (χ2v) is 5.76. The number of aryl methyl sites for hydroxylation is 1. The van der Waals surface area contributed by atoms with Gasteiger partial charge in [0, 0.05) is 24.8 Å². The first kappa shape index (κ1) is 14.4. The molecule has 1 aliphatic rings. The Morgan fingerprint density at radius 1 is 1.47 bits per heavy atom. The number of carbonyl (C=O) groups is 1. The van der Waals surface area contributed by atoms with Crippen LogP contribution in [0.25, 0.3) is 0 Å². The van der Waals surface area contributed by atoms with Crippen LogP contribution in [0.1, 0.15) is 49.5 Å². The Balaban J connectivity index is 1.99. The number of carbonyl (C=O) groups excluding carboxylic acids is 1. The Morgan fingerprint density at radius 2 is 2.16 bits per heavy atom. The molecule has 19 heavy (non-hydrogen) atoms. The summed E-state index contributed by atoms with van der Waals surface area (Å²) < 4.78 is 1.92. The van der Waals surface area contributed by atoms with Crippen molar-refractivity contribution >= 4 is 17.5 Å². The first-order valence-corrected chi connectivity index (χ1v) is 7.40. The van der Waals surface area contributed by atoms with Gasteiger partial charge in [-0.3, -0.25) is 4.79 Å². The fourth-order valence-electron chi connectivity index (χ4n) is 2.61. The molecule has 0 atom stereocenters. The van der Waals surface area contributed by atoms with Gasteiger partial charge in [-0.05, 0) is 38.2 Å². The molecule has 1 aliphatic carbocycles. The first-order chi connectivity index (χ1) is 9.10. The Morgan fingerprint density at radius 3 is 2.79 bits per heavy atom. The van der Waals surface area contributed by atoms with E-state index in [0.29, 0.717) is 16.8 Å². The molecular formula is C14H22ClN3O. The van der Waals surface area contributed by atoms with Crippen LogP contribution in [-0.4, -0.2) is 22.6 Å². The lowest BCUT2D eigenvalue weighted by atomic mass is 9.92.